The number of rotatable bonds is 5. The van der Waals surface area contributed by atoms with Crippen molar-refractivity contribution in [1.82, 2.24) is 20.1 Å². The maximum absolute atomic E-state index is 13.4. The summed E-state index contributed by atoms with van der Waals surface area (Å²) in [5.41, 5.74) is 3.33. The number of aromatic nitrogens is 3. The molecular weight excluding hydrogens is 537 g/mol. The van der Waals surface area contributed by atoms with E-state index in [0.717, 1.165) is 0 Å². The smallest absolute Gasteiger partial charge is 0.399 e. The van der Waals surface area contributed by atoms with Crippen LogP contribution in [-0.4, -0.2) is 52.0 Å². The van der Waals surface area contributed by atoms with E-state index in [1.54, 1.807) is 6.92 Å². The fourth-order valence-corrected chi connectivity index (χ4v) is 6.26. The lowest BCUT2D eigenvalue weighted by Crippen LogP contribution is -2.63. The summed E-state index contributed by atoms with van der Waals surface area (Å²) in [5.74, 6) is -2.50. The molecule has 0 aliphatic carbocycles. The first-order valence-electron chi connectivity index (χ1n) is 10.6. The van der Waals surface area contributed by atoms with Gasteiger partial charge in [-0.25, -0.2) is 18.1 Å². The van der Waals surface area contributed by atoms with Gasteiger partial charge in [0.05, 0.1) is 33.3 Å². The number of sulfone groups is 1. The molecule has 1 saturated heterocycles. The average molecular weight is 557 g/mol. The zero-order chi connectivity index (χ0) is 27.3. The molecule has 0 spiro atoms. The number of amides is 2. The number of carbonyl (C=O) groups excluding carboxylic acids is 2. The minimum absolute atomic E-state index is 0.0316. The van der Waals surface area contributed by atoms with E-state index in [1.165, 1.54) is 37.4 Å². The molecule has 1 aromatic carbocycles. The molecule has 37 heavy (non-hydrogen) atoms. The zero-order valence-corrected chi connectivity index (χ0v) is 20.9. The Labute approximate surface area is 213 Å². The van der Waals surface area contributed by atoms with Crippen LogP contribution in [0.5, 0.6) is 0 Å². The molecule has 0 radical (unpaired) electrons. The van der Waals surface area contributed by atoms with E-state index < -0.39 is 44.8 Å². The van der Waals surface area contributed by atoms with Gasteiger partial charge in [0.15, 0.2) is 21.3 Å². The first-order valence-corrected chi connectivity index (χ1v) is 12.8. The Hall–Kier alpha value is -3.65. The van der Waals surface area contributed by atoms with Gasteiger partial charge in [0.25, 0.3) is 11.8 Å². The molecule has 4 rings (SSSR count). The quantitative estimate of drug-likeness (QED) is 0.409. The van der Waals surface area contributed by atoms with E-state index in [0.29, 0.717) is 16.3 Å². The van der Waals surface area contributed by atoms with Crippen LogP contribution in [-0.2, 0) is 16.0 Å². The lowest BCUT2D eigenvalue weighted by Gasteiger charge is -2.38. The molecule has 0 unspecified atom stereocenters. The van der Waals surface area contributed by atoms with Crippen molar-refractivity contribution >= 4 is 44.6 Å². The number of nitrogens with one attached hydrogen (secondary N) is 2. The van der Waals surface area contributed by atoms with Crippen molar-refractivity contribution in [2.45, 2.75) is 25.6 Å². The summed E-state index contributed by atoms with van der Waals surface area (Å²) < 4.78 is 64.2. The van der Waals surface area contributed by atoms with Gasteiger partial charge in [0.1, 0.15) is 5.69 Å². The van der Waals surface area contributed by atoms with Crippen LogP contribution in [0.1, 0.15) is 39.0 Å². The van der Waals surface area contributed by atoms with Crippen molar-refractivity contribution in [2.24, 2.45) is 0 Å². The van der Waals surface area contributed by atoms with E-state index in [2.05, 4.69) is 20.7 Å². The van der Waals surface area contributed by atoms with Crippen LogP contribution in [0, 0.1) is 6.92 Å². The fraction of sp³-hybridized carbons (Fsp3) is 0.273. The van der Waals surface area contributed by atoms with Gasteiger partial charge >= 0.3 is 6.18 Å². The number of nitrogens with two attached hydrogens (primary N) is 1. The molecule has 0 bridgehead atoms. The Bertz CT molecular complexity index is 1530. The summed E-state index contributed by atoms with van der Waals surface area (Å²) in [5, 5.41) is 8.51. The largest absolute Gasteiger partial charge is 0.435 e. The highest BCUT2D eigenvalue weighted by Gasteiger charge is 2.46. The number of benzene rings is 1. The molecule has 2 amide bonds. The first-order chi connectivity index (χ1) is 17.1. The number of halogens is 4. The third-order valence-corrected chi connectivity index (χ3v) is 7.95. The van der Waals surface area contributed by atoms with Gasteiger partial charge < -0.3 is 16.4 Å². The van der Waals surface area contributed by atoms with Gasteiger partial charge in [-0.1, -0.05) is 11.6 Å². The van der Waals surface area contributed by atoms with Crippen molar-refractivity contribution < 1.29 is 31.2 Å². The second-order valence-corrected chi connectivity index (χ2v) is 11.4. The number of nitrogens with zero attached hydrogens (tertiary/aromatic N) is 3. The topological polar surface area (TPSA) is 149 Å². The number of nitrogen functional groups attached to an aromatic ring is 1. The van der Waals surface area contributed by atoms with Gasteiger partial charge in [-0.2, -0.15) is 18.3 Å². The molecule has 1 fully saturated rings. The third-order valence-electron chi connectivity index (χ3n) is 5.51. The first kappa shape index (κ1) is 26.4. The van der Waals surface area contributed by atoms with E-state index in [1.807, 2.05) is 0 Å². The SMILES string of the molecule is Cc1cc(N)cc(C(=O)NC2(C)CS(=O)(=O)C2)c1NC(=O)c1cc(C(F)(F)F)nn1-c1ncccc1Cl. The Morgan fingerprint density at radius 3 is 2.46 bits per heavy atom. The highest BCUT2D eigenvalue weighted by Crippen LogP contribution is 2.32. The van der Waals surface area contributed by atoms with E-state index >= 15 is 0 Å². The van der Waals surface area contributed by atoms with Crippen molar-refractivity contribution in [3.05, 3.63) is 64.1 Å². The molecule has 1 aliphatic rings. The van der Waals surface area contributed by atoms with E-state index in [-0.39, 0.29) is 39.3 Å². The van der Waals surface area contributed by atoms with Gasteiger partial charge in [-0.05, 0) is 43.7 Å². The highest BCUT2D eigenvalue weighted by atomic mass is 35.5. The minimum atomic E-state index is -4.87. The molecular formula is C22H20ClF3N6O4S. The maximum atomic E-state index is 13.4. The molecule has 0 saturated carbocycles. The predicted octanol–water partition coefficient (Wildman–Crippen LogP) is 3.00. The number of carbonyl (C=O) groups is 2. The lowest BCUT2D eigenvalue weighted by molar-refractivity contribution is -0.141. The minimum Gasteiger partial charge on any atom is -0.399 e. The number of pyridine rings is 1. The molecule has 3 aromatic rings. The molecule has 0 atom stereocenters. The Kier molecular flexibility index (Phi) is 6.44. The number of hydrogen-bond acceptors (Lipinski definition) is 7. The van der Waals surface area contributed by atoms with Gasteiger partial charge in [0.2, 0.25) is 0 Å². The summed E-state index contributed by atoms with van der Waals surface area (Å²) in [7, 11) is -3.27. The molecule has 1 aliphatic heterocycles. The van der Waals surface area contributed by atoms with Gasteiger partial charge in [0, 0.05) is 18.0 Å². The van der Waals surface area contributed by atoms with Crippen LogP contribution in [0.25, 0.3) is 5.82 Å². The average Bonchev–Trinajstić information content (AvgIpc) is 3.20. The number of alkyl halides is 3. The Morgan fingerprint density at radius 1 is 1.19 bits per heavy atom. The van der Waals surface area contributed by atoms with Crippen molar-refractivity contribution in [3.8, 4) is 5.82 Å². The zero-order valence-electron chi connectivity index (χ0n) is 19.4. The van der Waals surface area contributed by atoms with Crippen LogP contribution in [0.2, 0.25) is 5.02 Å². The number of aryl methyl sites for hydroxylation is 1. The second-order valence-electron chi connectivity index (χ2n) is 8.89. The third kappa shape index (κ3) is 5.39. The number of hydrogen-bond donors (Lipinski definition) is 3. The maximum Gasteiger partial charge on any atom is 0.435 e. The predicted molar refractivity (Wildman–Crippen MR) is 129 cm³/mol. The van der Waals surface area contributed by atoms with Crippen molar-refractivity contribution in [1.29, 1.82) is 0 Å². The summed E-state index contributed by atoms with van der Waals surface area (Å²) >= 11 is 6.08. The molecule has 2 aromatic heterocycles. The summed E-state index contributed by atoms with van der Waals surface area (Å²) in [4.78, 5) is 30.3. The van der Waals surface area contributed by atoms with Crippen LogP contribution in [0.3, 0.4) is 0 Å². The molecule has 196 valence electrons. The van der Waals surface area contributed by atoms with Gasteiger partial charge in [-0.15, -0.1) is 0 Å². The molecule has 15 heteroatoms. The normalized spacial score (nSPS) is 16.1. The fourth-order valence-electron chi connectivity index (χ4n) is 4.06. The van der Waals surface area contributed by atoms with E-state index in [4.69, 9.17) is 17.3 Å². The van der Waals surface area contributed by atoms with E-state index in [9.17, 15) is 31.2 Å². The molecule has 4 N–H and O–H groups in total. The standard InChI is InChI=1S/C22H20ClF3N6O4S/c1-11-6-12(27)7-13(19(33)30-21(2)9-37(35,36)10-21)17(11)29-20(34)15-8-16(22(24,25)26)31-32(15)18-14(23)4-3-5-28-18/h3-8H,9-10,27H2,1-2H3,(H,29,34)(H,30,33). The summed E-state index contributed by atoms with van der Waals surface area (Å²) in [6.07, 6.45) is -3.60. The Morgan fingerprint density at radius 2 is 1.86 bits per heavy atom. The van der Waals surface area contributed by atoms with Crippen LogP contribution in [0.4, 0.5) is 24.5 Å². The Balaban J connectivity index is 1.73. The second kappa shape index (κ2) is 9.03. The lowest BCUT2D eigenvalue weighted by atomic mass is 10.0. The molecule has 3 heterocycles. The summed E-state index contributed by atoms with van der Waals surface area (Å²) in [6.45, 7) is 3.09. The highest BCUT2D eigenvalue weighted by molar-refractivity contribution is 7.93. The monoisotopic (exact) mass is 556 g/mol. The number of anilines is 2. The van der Waals surface area contributed by atoms with Crippen molar-refractivity contribution in [3.63, 3.8) is 0 Å². The molecule has 10 nitrogen and oxygen atoms in total. The van der Waals surface area contributed by atoms with Crippen LogP contribution < -0.4 is 16.4 Å². The van der Waals surface area contributed by atoms with Crippen molar-refractivity contribution in [2.75, 3.05) is 22.6 Å². The van der Waals surface area contributed by atoms with Gasteiger partial charge in [-0.3, -0.25) is 9.59 Å². The van der Waals surface area contributed by atoms with Crippen LogP contribution >= 0.6 is 11.6 Å². The summed E-state index contributed by atoms with van der Waals surface area (Å²) in [6, 6.07) is 6.08. The van der Waals surface area contributed by atoms with Crippen LogP contribution in [0.15, 0.2) is 36.5 Å².